The maximum Gasteiger partial charge on any atom is 0.417 e. The molecule has 1 aromatic carbocycles. The normalized spacial score (nSPS) is 11.5. The van der Waals surface area contributed by atoms with Crippen molar-refractivity contribution in [3.05, 3.63) is 34.1 Å². The van der Waals surface area contributed by atoms with Crippen molar-refractivity contribution in [3.8, 4) is 0 Å². The van der Waals surface area contributed by atoms with Gasteiger partial charge >= 0.3 is 6.18 Å². The molecule has 6 heteroatoms. The molecule has 0 spiro atoms. The molecule has 0 saturated heterocycles. The van der Waals surface area contributed by atoms with E-state index in [4.69, 9.17) is 11.6 Å². The monoisotopic (exact) mass is 226 g/mol. The van der Waals surface area contributed by atoms with Gasteiger partial charge in [0, 0.05) is 5.56 Å². The first-order valence-corrected chi connectivity index (χ1v) is 3.75. The Hall–Kier alpha value is -1.10. The lowest BCUT2D eigenvalue weighted by Gasteiger charge is -2.09. The van der Waals surface area contributed by atoms with E-state index in [1.807, 2.05) is 0 Å². The van der Waals surface area contributed by atoms with Crippen LogP contribution in [0.3, 0.4) is 0 Å². The third kappa shape index (κ3) is 2.04. The highest BCUT2D eigenvalue weighted by atomic mass is 35.5. The van der Waals surface area contributed by atoms with Crippen molar-refractivity contribution < 1.29 is 22.4 Å². The average molecular weight is 227 g/mol. The zero-order valence-corrected chi connectivity index (χ0v) is 7.29. The molecule has 0 aliphatic carbocycles. The number of rotatable bonds is 1. The van der Waals surface area contributed by atoms with E-state index < -0.39 is 28.1 Å². The van der Waals surface area contributed by atoms with Crippen molar-refractivity contribution in [2.45, 2.75) is 6.18 Å². The van der Waals surface area contributed by atoms with Crippen LogP contribution in [0.2, 0.25) is 5.02 Å². The number of halogens is 5. The van der Waals surface area contributed by atoms with Gasteiger partial charge in [0.1, 0.15) is 5.82 Å². The van der Waals surface area contributed by atoms with Crippen molar-refractivity contribution in [1.29, 1.82) is 0 Å². The minimum atomic E-state index is -4.77. The molecule has 1 rings (SSSR count). The molecular formula is C8H3ClF4O. The van der Waals surface area contributed by atoms with E-state index in [9.17, 15) is 22.4 Å². The van der Waals surface area contributed by atoms with E-state index in [-0.39, 0.29) is 12.4 Å². The predicted molar refractivity (Wildman–Crippen MR) is 41.8 cm³/mol. The quantitative estimate of drug-likeness (QED) is 0.530. The van der Waals surface area contributed by atoms with Gasteiger partial charge in [-0.05, 0) is 12.1 Å². The first-order valence-electron chi connectivity index (χ1n) is 3.37. The summed E-state index contributed by atoms with van der Waals surface area (Å²) in [4.78, 5) is 10.2. The SMILES string of the molecule is O=Cc1cc(F)cc(C(F)(F)F)c1Cl. The summed E-state index contributed by atoms with van der Waals surface area (Å²) in [5, 5.41) is -0.783. The fourth-order valence-corrected chi connectivity index (χ4v) is 1.16. The van der Waals surface area contributed by atoms with Crippen molar-refractivity contribution >= 4 is 17.9 Å². The standard InChI is InChI=1S/C8H3ClF4O/c9-7-4(3-14)1-5(10)2-6(7)8(11,12)13/h1-3H. The maximum atomic E-state index is 12.6. The molecule has 0 unspecified atom stereocenters. The number of alkyl halides is 3. The second-order valence-corrected chi connectivity index (χ2v) is 2.85. The first-order chi connectivity index (χ1) is 6.36. The molecule has 0 atom stereocenters. The molecule has 0 saturated carbocycles. The van der Waals surface area contributed by atoms with Gasteiger partial charge in [-0.3, -0.25) is 4.79 Å². The molecule has 0 aliphatic rings. The van der Waals surface area contributed by atoms with Gasteiger partial charge in [-0.2, -0.15) is 13.2 Å². The Bertz CT molecular complexity index is 372. The molecule has 0 radical (unpaired) electrons. The lowest BCUT2D eigenvalue weighted by molar-refractivity contribution is -0.137. The Balaban J connectivity index is 3.44. The molecule has 1 aromatic rings. The summed E-state index contributed by atoms with van der Waals surface area (Å²) in [6.45, 7) is 0. The van der Waals surface area contributed by atoms with Crippen molar-refractivity contribution in [2.24, 2.45) is 0 Å². The minimum absolute atomic E-state index is 0.0701. The van der Waals surface area contributed by atoms with Crippen LogP contribution in [0.25, 0.3) is 0 Å². The van der Waals surface area contributed by atoms with E-state index in [1.165, 1.54) is 0 Å². The summed E-state index contributed by atoms with van der Waals surface area (Å²) in [7, 11) is 0. The van der Waals surface area contributed by atoms with Crippen LogP contribution in [0.15, 0.2) is 12.1 Å². The number of hydrogen-bond donors (Lipinski definition) is 0. The number of hydrogen-bond acceptors (Lipinski definition) is 1. The average Bonchev–Trinajstić information content (AvgIpc) is 2.06. The van der Waals surface area contributed by atoms with Crippen molar-refractivity contribution in [1.82, 2.24) is 0 Å². The highest BCUT2D eigenvalue weighted by Crippen LogP contribution is 2.36. The van der Waals surface area contributed by atoms with Gasteiger partial charge in [-0.15, -0.1) is 0 Å². The lowest BCUT2D eigenvalue weighted by Crippen LogP contribution is -2.08. The molecule has 1 nitrogen and oxygen atoms in total. The number of carbonyl (C=O) groups excluding carboxylic acids is 1. The van der Waals surface area contributed by atoms with Gasteiger partial charge in [-0.1, -0.05) is 11.6 Å². The second-order valence-electron chi connectivity index (χ2n) is 2.47. The smallest absolute Gasteiger partial charge is 0.298 e. The number of carbonyl (C=O) groups is 1. The van der Waals surface area contributed by atoms with Gasteiger partial charge in [0.15, 0.2) is 6.29 Å². The summed E-state index contributed by atoms with van der Waals surface area (Å²) in [5.74, 6) is -1.15. The van der Waals surface area contributed by atoms with E-state index in [0.717, 1.165) is 0 Å². The molecule has 76 valence electrons. The van der Waals surface area contributed by atoms with E-state index in [2.05, 4.69) is 0 Å². The third-order valence-electron chi connectivity index (χ3n) is 1.50. The topological polar surface area (TPSA) is 17.1 Å². The number of aldehydes is 1. The molecule has 0 bridgehead atoms. The Kier molecular flexibility index (Phi) is 2.80. The Labute approximate surface area is 81.3 Å². The van der Waals surface area contributed by atoms with Crippen LogP contribution in [-0.4, -0.2) is 6.29 Å². The Morgan fingerprint density at radius 1 is 1.29 bits per heavy atom. The summed E-state index contributed by atoms with van der Waals surface area (Å²) in [6.07, 6.45) is -4.70. The summed E-state index contributed by atoms with van der Waals surface area (Å²) >= 11 is 5.25. The zero-order chi connectivity index (χ0) is 10.9. The molecule has 0 aliphatic heterocycles. The van der Waals surface area contributed by atoms with Crippen molar-refractivity contribution in [3.63, 3.8) is 0 Å². The van der Waals surface area contributed by atoms with Crippen LogP contribution in [-0.2, 0) is 6.18 Å². The van der Waals surface area contributed by atoms with Gasteiger partial charge in [-0.25, -0.2) is 4.39 Å². The van der Waals surface area contributed by atoms with Crippen molar-refractivity contribution in [2.75, 3.05) is 0 Å². The predicted octanol–water partition coefficient (Wildman–Crippen LogP) is 3.31. The number of benzene rings is 1. The minimum Gasteiger partial charge on any atom is -0.298 e. The fraction of sp³-hybridized carbons (Fsp3) is 0.125. The third-order valence-corrected chi connectivity index (χ3v) is 1.92. The first kappa shape index (κ1) is 11.0. The van der Waals surface area contributed by atoms with Gasteiger partial charge in [0.25, 0.3) is 0 Å². The van der Waals surface area contributed by atoms with Crippen LogP contribution < -0.4 is 0 Å². The maximum absolute atomic E-state index is 12.6. The Morgan fingerprint density at radius 2 is 1.86 bits per heavy atom. The highest BCUT2D eigenvalue weighted by Gasteiger charge is 2.34. The van der Waals surface area contributed by atoms with E-state index >= 15 is 0 Å². The Morgan fingerprint density at radius 3 is 2.29 bits per heavy atom. The summed E-state index contributed by atoms with van der Waals surface area (Å²) in [5.41, 5.74) is -1.86. The molecule has 0 aromatic heterocycles. The summed E-state index contributed by atoms with van der Waals surface area (Å²) in [6, 6.07) is 0.889. The van der Waals surface area contributed by atoms with Crippen LogP contribution in [0.5, 0.6) is 0 Å². The largest absolute Gasteiger partial charge is 0.417 e. The van der Waals surface area contributed by atoms with Crippen LogP contribution >= 0.6 is 11.6 Å². The van der Waals surface area contributed by atoms with Gasteiger partial charge < -0.3 is 0 Å². The fourth-order valence-electron chi connectivity index (χ4n) is 0.902. The molecular weight excluding hydrogens is 224 g/mol. The highest BCUT2D eigenvalue weighted by molar-refractivity contribution is 6.33. The van der Waals surface area contributed by atoms with Gasteiger partial charge in [0.2, 0.25) is 0 Å². The zero-order valence-electron chi connectivity index (χ0n) is 6.53. The molecule has 0 fully saturated rings. The van der Waals surface area contributed by atoms with Crippen LogP contribution in [0.4, 0.5) is 17.6 Å². The van der Waals surface area contributed by atoms with Crippen LogP contribution in [0.1, 0.15) is 15.9 Å². The molecule has 14 heavy (non-hydrogen) atoms. The van der Waals surface area contributed by atoms with Crippen LogP contribution in [0, 0.1) is 5.82 Å². The molecule has 0 heterocycles. The van der Waals surface area contributed by atoms with Gasteiger partial charge in [0.05, 0.1) is 10.6 Å². The molecule has 0 N–H and O–H groups in total. The van der Waals surface area contributed by atoms with E-state index in [1.54, 1.807) is 0 Å². The van der Waals surface area contributed by atoms with E-state index in [0.29, 0.717) is 6.07 Å². The molecule has 0 amide bonds. The lowest BCUT2D eigenvalue weighted by atomic mass is 10.1. The summed E-state index contributed by atoms with van der Waals surface area (Å²) < 4.78 is 49.1. The second kappa shape index (κ2) is 3.57.